The molecule has 0 unspecified atom stereocenters. The Morgan fingerprint density at radius 2 is 0.348 bits per heavy atom. The van der Waals surface area contributed by atoms with Gasteiger partial charge in [-0.1, -0.05) is 257 Å². The van der Waals surface area contributed by atoms with Gasteiger partial charge in [0.25, 0.3) is 0 Å². The average molecular weight is 2090 g/mol. The maximum atomic E-state index is 3.49. The Balaban J connectivity index is -0.00000176. The van der Waals surface area contributed by atoms with Crippen LogP contribution in [-0.4, -0.2) is 150 Å². The molecule has 0 saturated carbocycles. The Morgan fingerprint density at radius 1 is 0.167 bits per heavy atom. The van der Waals surface area contributed by atoms with Crippen molar-refractivity contribution in [3.05, 3.63) is 355 Å². The average Bonchev–Trinajstić information content (AvgIpc) is 1.64. The first kappa shape index (κ1) is 136. The van der Waals surface area contributed by atoms with Crippen LogP contribution in [0.2, 0.25) is 0 Å². The number of hydrogen-bond donors (Lipinski definition) is 0. The minimum atomic E-state index is 0. The molecule has 12 heteroatoms. The fourth-order valence-corrected chi connectivity index (χ4v) is 16.2. The largest absolute Gasteiger partial charge is 0.314 e. The summed E-state index contributed by atoms with van der Waals surface area (Å²) in [6, 6.07) is 101. The predicted octanol–water partition coefficient (Wildman–Crippen LogP) is 31.1. The summed E-state index contributed by atoms with van der Waals surface area (Å²) < 4.78 is 0. The second-order valence-electron chi connectivity index (χ2n) is 33.1. The SMILES string of the molecule is CC.CC.CC.CC.CC.CC.CC.CC.CC.CC.CC.CC.CN(C)Cc1c[c-]c(-c2[c-]ccc(CN(C)Cc3ccc4c(c3)-c3ccc(CN(C)C)cc3C4)c2)cc1.CN(C)Cc1c[c-]c(-c2[c-]ccc(CN(C)Cc3ccc4c(c3)Cc3ccc(CN(C)C)cc3-4)c2)cc1.CN(C)Cc1cc[c-]c(-c2[c-]cc(CN(C)Cc3ccc4c(c3)Cc3ccc(CN(C)C)cc3-4)cc2)c1.[Y].[Y].[Y]. The van der Waals surface area contributed by atoms with Crippen LogP contribution < -0.4 is 0 Å². The van der Waals surface area contributed by atoms with Gasteiger partial charge in [0.2, 0.25) is 0 Å². The molecule has 12 aromatic carbocycles. The molecule has 0 spiro atoms. The Hall–Kier alpha value is -6.41. The van der Waals surface area contributed by atoms with E-state index in [1.54, 1.807) is 0 Å². The standard InChI is InChI=1S/3C34H37N3.12C2H6.3Y/c1-35(2)21-26-7-6-8-30(17-26)29-13-9-25(10-14-29)23-37(5)24-27-12-16-33-32(18-27)20-31-15-11-28(19-34(31)33)22-36(3)4;1-35(2)21-25-9-13-29(14-10-25)30-8-6-7-26(17-30)23-37(5)24-27-12-16-33-32(18-27)20-31-15-11-28(19-34(31)33)22-36(3)4;1-35(2)21-25-9-13-29(14-10-25)30-8-6-7-26(17-30)23-37(5)24-28-11-15-31-20-32-18-27(22-36(3)4)12-16-33(32)34(31)19-28;12*1-2;;;/h3*6-7,9-13,15-19H,20-24H2,1-5H3;12*1-2H3;;;/q3*-2;;;;;;;;;;;;;;;. The van der Waals surface area contributed by atoms with Crippen LogP contribution in [0.4, 0.5) is 0 Å². The number of fused-ring (bicyclic) bond motifs is 9. The molecule has 138 heavy (non-hydrogen) atoms. The van der Waals surface area contributed by atoms with Crippen molar-refractivity contribution in [3.63, 3.8) is 0 Å². The Morgan fingerprint density at radius 3 is 0.580 bits per heavy atom. The Kier molecular flexibility index (Phi) is 76.8. The van der Waals surface area contributed by atoms with E-state index in [1.807, 2.05) is 184 Å². The van der Waals surface area contributed by atoms with Crippen molar-refractivity contribution in [3.8, 4) is 66.8 Å². The van der Waals surface area contributed by atoms with E-state index in [2.05, 4.69) is 386 Å². The third-order valence-electron chi connectivity index (χ3n) is 20.9. The van der Waals surface area contributed by atoms with Crippen LogP contribution in [0.25, 0.3) is 66.8 Å². The van der Waals surface area contributed by atoms with Gasteiger partial charge in [-0.2, -0.15) is 109 Å². The molecule has 0 fully saturated rings. The third-order valence-corrected chi connectivity index (χ3v) is 20.9. The van der Waals surface area contributed by atoms with Crippen LogP contribution >= 0.6 is 0 Å². The fraction of sp³-hybridized carbons (Fsp3) is 0.429. The van der Waals surface area contributed by atoms with Crippen LogP contribution in [0.1, 0.15) is 266 Å². The van der Waals surface area contributed by atoms with Gasteiger partial charge in [0, 0.05) is 157 Å². The van der Waals surface area contributed by atoms with Gasteiger partial charge in [-0.15, -0.1) is 69.8 Å². The van der Waals surface area contributed by atoms with Gasteiger partial charge >= 0.3 is 0 Å². The first-order valence-electron chi connectivity index (χ1n) is 51.2. The molecule has 15 rings (SSSR count). The van der Waals surface area contributed by atoms with Crippen LogP contribution in [-0.2, 0) is 196 Å². The van der Waals surface area contributed by atoms with Crippen molar-refractivity contribution in [2.45, 2.75) is 264 Å². The van der Waals surface area contributed by atoms with Crippen molar-refractivity contribution < 1.29 is 98.1 Å². The number of nitrogens with zero attached hydrogens (tertiary/aromatic N) is 9. The van der Waals surface area contributed by atoms with Gasteiger partial charge in [0.15, 0.2) is 0 Å². The molecule has 0 bridgehead atoms. The van der Waals surface area contributed by atoms with Crippen molar-refractivity contribution in [1.82, 2.24) is 44.1 Å². The molecule has 3 radical (unpaired) electrons. The summed E-state index contributed by atoms with van der Waals surface area (Å²) >= 11 is 0. The summed E-state index contributed by atoms with van der Waals surface area (Å²) in [6.07, 6.45) is 3.11. The van der Waals surface area contributed by atoms with E-state index in [0.29, 0.717) is 0 Å². The second-order valence-corrected chi connectivity index (χ2v) is 33.1. The smallest absolute Gasteiger partial charge is 0.0233 e. The Bertz CT molecular complexity index is 5150. The minimum absolute atomic E-state index is 0. The topological polar surface area (TPSA) is 29.2 Å². The van der Waals surface area contributed by atoms with E-state index in [-0.39, 0.29) is 98.1 Å². The van der Waals surface area contributed by atoms with E-state index >= 15 is 0 Å². The summed E-state index contributed by atoms with van der Waals surface area (Å²) in [5.41, 5.74) is 39.7. The van der Waals surface area contributed by atoms with Crippen LogP contribution in [0.15, 0.2) is 218 Å². The monoisotopic (exact) mass is 2090 g/mol. The van der Waals surface area contributed by atoms with Gasteiger partial charge in [-0.3, -0.25) is 9.80 Å². The van der Waals surface area contributed by atoms with Gasteiger partial charge in [0.05, 0.1) is 0 Å². The maximum Gasteiger partial charge on any atom is 0.0233 e. The molecular weight excluding hydrogens is 1910 g/mol. The summed E-state index contributed by atoms with van der Waals surface area (Å²) in [5, 5.41) is 0. The van der Waals surface area contributed by atoms with E-state index in [9.17, 15) is 0 Å². The van der Waals surface area contributed by atoms with E-state index in [1.165, 1.54) is 134 Å². The normalized spacial score (nSPS) is 10.5. The maximum absolute atomic E-state index is 3.49. The molecule has 3 aliphatic carbocycles. The van der Waals surface area contributed by atoms with Crippen LogP contribution in [0.3, 0.4) is 0 Å². The minimum Gasteiger partial charge on any atom is -0.314 e. The molecule has 3 aliphatic rings. The molecule has 0 heterocycles. The third kappa shape index (κ3) is 46.1. The van der Waals surface area contributed by atoms with Crippen molar-refractivity contribution >= 4 is 0 Å². The quantitative estimate of drug-likeness (QED) is 0.0467. The molecule has 12 aromatic rings. The molecule has 9 nitrogen and oxygen atoms in total. The van der Waals surface area contributed by atoms with Crippen LogP contribution in [0, 0.1) is 36.4 Å². The predicted molar refractivity (Wildman–Crippen MR) is 599 cm³/mol. The zero-order valence-corrected chi connectivity index (χ0v) is 103. The van der Waals surface area contributed by atoms with Crippen molar-refractivity contribution in [2.75, 3.05) is 106 Å². The fourth-order valence-electron chi connectivity index (χ4n) is 16.2. The summed E-state index contributed by atoms with van der Waals surface area (Å²) in [6.45, 7) is 59.2. The first-order valence-corrected chi connectivity index (χ1v) is 51.2. The van der Waals surface area contributed by atoms with E-state index in [0.717, 1.165) is 131 Å². The van der Waals surface area contributed by atoms with Crippen molar-refractivity contribution in [1.29, 1.82) is 0 Å². The van der Waals surface area contributed by atoms with Gasteiger partial charge in [-0.05, 0) is 263 Å². The second kappa shape index (κ2) is 78.1. The van der Waals surface area contributed by atoms with Gasteiger partial charge in [0.1, 0.15) is 0 Å². The zero-order chi connectivity index (χ0) is 102. The molecule has 0 amide bonds. The molecule has 0 atom stereocenters. The molecular formula is C126H183N9Y3-6. The molecule has 0 N–H and O–H groups in total. The molecule has 747 valence electrons. The summed E-state index contributed by atoms with van der Waals surface area (Å²) in [7, 11) is 31.9. The molecule has 0 aliphatic heterocycles. The molecule has 0 aromatic heterocycles. The van der Waals surface area contributed by atoms with E-state index in [4.69, 9.17) is 0 Å². The van der Waals surface area contributed by atoms with Gasteiger partial charge < -0.3 is 34.3 Å². The Labute approximate surface area is 924 Å². The van der Waals surface area contributed by atoms with Crippen molar-refractivity contribution in [2.24, 2.45) is 0 Å². The first-order chi connectivity index (χ1) is 65.5. The summed E-state index contributed by atoms with van der Waals surface area (Å²) in [4.78, 5) is 20.4. The van der Waals surface area contributed by atoms with Crippen LogP contribution in [0.5, 0.6) is 0 Å². The zero-order valence-electron chi connectivity index (χ0n) is 94.1. The number of hydrogen-bond acceptors (Lipinski definition) is 9. The van der Waals surface area contributed by atoms with E-state index < -0.39 is 0 Å². The van der Waals surface area contributed by atoms with Gasteiger partial charge in [-0.25, -0.2) is 33.4 Å². The number of rotatable bonds is 27. The summed E-state index contributed by atoms with van der Waals surface area (Å²) in [5.74, 6) is 0. The molecule has 0 saturated heterocycles. The number of benzene rings is 12.